The van der Waals surface area contributed by atoms with Gasteiger partial charge in [0, 0.05) is 12.5 Å². The fourth-order valence-electron chi connectivity index (χ4n) is 1.87. The second-order valence-electron chi connectivity index (χ2n) is 3.43. The largest absolute Gasteiger partial charge is 0.461 e. The molecule has 4 nitrogen and oxygen atoms in total. The minimum Gasteiger partial charge on any atom is -0.461 e. The Morgan fingerprint density at radius 3 is 2.75 bits per heavy atom. The van der Waals surface area contributed by atoms with E-state index in [2.05, 4.69) is 5.32 Å². The Kier molecular flexibility index (Phi) is 2.02. The molecular formula is C8H13NO3. The number of ether oxygens (including phenoxy) is 1. The Balaban J connectivity index is 1.89. The Morgan fingerprint density at radius 1 is 1.42 bits per heavy atom. The van der Waals surface area contributed by atoms with E-state index < -0.39 is 6.23 Å². The number of rotatable bonds is 1. The molecule has 2 N–H and O–H groups in total. The zero-order valence-corrected chi connectivity index (χ0v) is 6.82. The van der Waals surface area contributed by atoms with Crippen molar-refractivity contribution in [2.45, 2.75) is 44.1 Å². The molecule has 2 heterocycles. The molecule has 0 radical (unpaired) electrons. The summed E-state index contributed by atoms with van der Waals surface area (Å²) in [6.07, 6.45) is 2.57. The second kappa shape index (κ2) is 3.03. The van der Waals surface area contributed by atoms with E-state index in [0.717, 1.165) is 19.3 Å². The molecule has 0 bridgehead atoms. The molecule has 2 aliphatic rings. The van der Waals surface area contributed by atoms with Gasteiger partial charge in [0.1, 0.15) is 12.3 Å². The zero-order chi connectivity index (χ0) is 8.55. The highest BCUT2D eigenvalue weighted by Gasteiger charge is 2.35. The van der Waals surface area contributed by atoms with Crippen LogP contribution in [0.5, 0.6) is 0 Å². The Labute approximate surface area is 70.9 Å². The highest BCUT2D eigenvalue weighted by Crippen LogP contribution is 2.23. The highest BCUT2D eigenvalue weighted by atomic mass is 16.6. The molecule has 4 heteroatoms. The predicted molar refractivity (Wildman–Crippen MR) is 41.3 cm³/mol. The molecule has 68 valence electrons. The van der Waals surface area contributed by atoms with Crippen molar-refractivity contribution in [1.29, 1.82) is 0 Å². The minimum absolute atomic E-state index is 0.00495. The van der Waals surface area contributed by atoms with Gasteiger partial charge >= 0.3 is 5.97 Å². The minimum atomic E-state index is -0.408. The van der Waals surface area contributed by atoms with Gasteiger partial charge in [0.05, 0.1) is 0 Å². The van der Waals surface area contributed by atoms with Gasteiger partial charge in [-0.05, 0) is 19.3 Å². The van der Waals surface area contributed by atoms with Crippen LogP contribution in [-0.4, -0.2) is 29.4 Å². The van der Waals surface area contributed by atoms with Gasteiger partial charge in [-0.25, -0.2) is 0 Å². The number of cyclic esters (lactones) is 1. The molecule has 0 saturated carbocycles. The van der Waals surface area contributed by atoms with Crippen LogP contribution in [0.3, 0.4) is 0 Å². The average Bonchev–Trinajstić information content (AvgIpc) is 2.58. The summed E-state index contributed by atoms with van der Waals surface area (Å²) >= 11 is 0. The van der Waals surface area contributed by atoms with Crippen molar-refractivity contribution in [2.75, 3.05) is 0 Å². The third-order valence-corrected chi connectivity index (χ3v) is 2.52. The fraction of sp³-hybridized carbons (Fsp3) is 0.875. The van der Waals surface area contributed by atoms with Crippen LogP contribution in [-0.2, 0) is 9.53 Å². The summed E-state index contributed by atoms with van der Waals surface area (Å²) in [6, 6.07) is 0.173. The smallest absolute Gasteiger partial charge is 0.306 e. The Hall–Kier alpha value is -0.610. The van der Waals surface area contributed by atoms with Gasteiger partial charge in [-0.3, -0.25) is 10.1 Å². The molecular weight excluding hydrogens is 158 g/mol. The molecule has 0 aromatic carbocycles. The Bertz CT molecular complexity index is 195. The molecule has 0 amide bonds. The number of hydrogen-bond donors (Lipinski definition) is 2. The number of aliphatic hydroxyl groups is 1. The van der Waals surface area contributed by atoms with Crippen LogP contribution in [0.4, 0.5) is 0 Å². The number of hydrogen-bond acceptors (Lipinski definition) is 4. The molecule has 2 aliphatic heterocycles. The van der Waals surface area contributed by atoms with E-state index in [4.69, 9.17) is 4.74 Å². The monoisotopic (exact) mass is 171 g/mol. The lowest BCUT2D eigenvalue weighted by atomic mass is 10.1. The van der Waals surface area contributed by atoms with Crippen LogP contribution in [0.15, 0.2) is 0 Å². The van der Waals surface area contributed by atoms with Crippen molar-refractivity contribution in [3.8, 4) is 0 Å². The average molecular weight is 171 g/mol. The van der Waals surface area contributed by atoms with Gasteiger partial charge in [0.15, 0.2) is 0 Å². The maximum absolute atomic E-state index is 10.8. The van der Waals surface area contributed by atoms with Crippen LogP contribution in [0.1, 0.15) is 25.7 Å². The zero-order valence-electron chi connectivity index (χ0n) is 6.82. The van der Waals surface area contributed by atoms with E-state index in [9.17, 15) is 9.90 Å². The normalized spacial score (nSPS) is 41.8. The number of carbonyl (C=O) groups excluding carboxylic acids is 1. The van der Waals surface area contributed by atoms with Gasteiger partial charge < -0.3 is 9.84 Å². The van der Waals surface area contributed by atoms with Crippen molar-refractivity contribution in [3.05, 3.63) is 0 Å². The lowest BCUT2D eigenvalue weighted by molar-refractivity contribution is -0.142. The number of esters is 1. The van der Waals surface area contributed by atoms with Crippen LogP contribution >= 0.6 is 0 Å². The molecule has 2 fully saturated rings. The van der Waals surface area contributed by atoms with Crippen LogP contribution in [0.2, 0.25) is 0 Å². The molecule has 3 atom stereocenters. The van der Waals surface area contributed by atoms with E-state index in [1.165, 1.54) is 0 Å². The molecule has 0 aromatic rings. The second-order valence-corrected chi connectivity index (χ2v) is 3.43. The fourth-order valence-corrected chi connectivity index (χ4v) is 1.87. The predicted octanol–water partition coefficient (Wildman–Crippen LogP) is -0.238. The standard InChI is InChI=1S/C8H13NO3/c10-7-3-1-5(9-7)6-2-4-8(11)12-6/h5-7,9-10H,1-4H2. The summed E-state index contributed by atoms with van der Waals surface area (Å²) in [5.74, 6) is -0.108. The van der Waals surface area contributed by atoms with E-state index >= 15 is 0 Å². The summed E-state index contributed by atoms with van der Waals surface area (Å²) < 4.78 is 5.08. The molecule has 0 aromatic heterocycles. The molecule has 2 rings (SSSR count). The van der Waals surface area contributed by atoms with E-state index in [1.54, 1.807) is 0 Å². The molecule has 0 aliphatic carbocycles. The summed E-state index contributed by atoms with van der Waals surface area (Å²) in [5.41, 5.74) is 0. The van der Waals surface area contributed by atoms with Gasteiger partial charge in [0.25, 0.3) is 0 Å². The first-order chi connectivity index (χ1) is 5.75. The summed E-state index contributed by atoms with van der Waals surface area (Å²) in [5, 5.41) is 12.2. The molecule has 2 saturated heterocycles. The van der Waals surface area contributed by atoms with Gasteiger partial charge in [-0.2, -0.15) is 0 Å². The van der Waals surface area contributed by atoms with Gasteiger partial charge in [0.2, 0.25) is 0 Å². The van der Waals surface area contributed by atoms with E-state index in [0.29, 0.717) is 6.42 Å². The number of aliphatic hydroxyl groups excluding tert-OH is 1. The summed E-state index contributed by atoms with van der Waals surface area (Å²) in [7, 11) is 0. The van der Waals surface area contributed by atoms with Crippen LogP contribution < -0.4 is 5.32 Å². The van der Waals surface area contributed by atoms with Crippen LogP contribution in [0, 0.1) is 0 Å². The quantitative estimate of drug-likeness (QED) is 0.535. The van der Waals surface area contributed by atoms with Crippen molar-refractivity contribution in [1.82, 2.24) is 5.32 Å². The van der Waals surface area contributed by atoms with E-state index in [-0.39, 0.29) is 18.1 Å². The first-order valence-electron chi connectivity index (χ1n) is 4.39. The number of carbonyl (C=O) groups is 1. The Morgan fingerprint density at radius 2 is 2.25 bits per heavy atom. The molecule has 12 heavy (non-hydrogen) atoms. The first-order valence-corrected chi connectivity index (χ1v) is 4.39. The third kappa shape index (κ3) is 1.44. The maximum Gasteiger partial charge on any atom is 0.306 e. The molecule has 0 spiro atoms. The van der Waals surface area contributed by atoms with Gasteiger partial charge in [-0.15, -0.1) is 0 Å². The van der Waals surface area contributed by atoms with Crippen molar-refractivity contribution >= 4 is 5.97 Å². The topological polar surface area (TPSA) is 58.6 Å². The third-order valence-electron chi connectivity index (χ3n) is 2.52. The lowest BCUT2D eigenvalue weighted by Gasteiger charge is -2.17. The summed E-state index contributed by atoms with van der Waals surface area (Å²) in [6.45, 7) is 0. The SMILES string of the molecule is O=C1CCC(C2CCC(O)N2)O1. The maximum atomic E-state index is 10.8. The van der Waals surface area contributed by atoms with Crippen molar-refractivity contribution in [3.63, 3.8) is 0 Å². The summed E-state index contributed by atoms with van der Waals surface area (Å²) in [4.78, 5) is 10.8. The van der Waals surface area contributed by atoms with Crippen LogP contribution in [0.25, 0.3) is 0 Å². The number of nitrogens with one attached hydrogen (secondary N) is 1. The van der Waals surface area contributed by atoms with Gasteiger partial charge in [-0.1, -0.05) is 0 Å². The lowest BCUT2D eigenvalue weighted by Crippen LogP contribution is -2.38. The van der Waals surface area contributed by atoms with Crippen molar-refractivity contribution in [2.24, 2.45) is 0 Å². The van der Waals surface area contributed by atoms with Crippen molar-refractivity contribution < 1.29 is 14.6 Å². The molecule has 3 unspecified atom stereocenters. The highest BCUT2D eigenvalue weighted by molar-refractivity contribution is 5.71. The first kappa shape index (κ1) is 8.01. The van der Waals surface area contributed by atoms with E-state index in [1.807, 2.05) is 0 Å².